The minimum Gasteiger partial charge on any atom is -0.494 e. The van der Waals surface area contributed by atoms with Crippen LogP contribution in [-0.4, -0.2) is 22.9 Å². The van der Waals surface area contributed by atoms with Crippen LogP contribution in [0.5, 0.6) is 5.75 Å². The maximum absolute atomic E-state index is 12.5. The van der Waals surface area contributed by atoms with E-state index in [-0.39, 0.29) is 11.7 Å². The van der Waals surface area contributed by atoms with E-state index >= 15 is 0 Å². The Morgan fingerprint density at radius 3 is 2.55 bits per heavy atom. The van der Waals surface area contributed by atoms with Gasteiger partial charge >= 0.3 is 0 Å². The minimum absolute atomic E-state index is 0.0227. The first kappa shape index (κ1) is 20.2. The molecule has 6 nitrogen and oxygen atoms in total. The Morgan fingerprint density at radius 2 is 1.90 bits per heavy atom. The Bertz CT molecular complexity index is 1150. The van der Waals surface area contributed by atoms with E-state index in [1.807, 2.05) is 35.2 Å². The Morgan fingerprint density at radius 1 is 1.17 bits per heavy atom. The molecule has 0 fully saturated rings. The zero-order chi connectivity index (χ0) is 20.8. The van der Waals surface area contributed by atoms with E-state index in [1.54, 1.807) is 36.4 Å². The van der Waals surface area contributed by atoms with Gasteiger partial charge in [0.1, 0.15) is 5.75 Å². The molecule has 0 atom stereocenters. The van der Waals surface area contributed by atoms with Crippen LogP contribution >= 0.6 is 11.3 Å². The van der Waals surface area contributed by atoms with Gasteiger partial charge in [-0.3, -0.25) is 9.59 Å². The summed E-state index contributed by atoms with van der Waals surface area (Å²) in [5.41, 5.74) is 2.34. The maximum Gasteiger partial charge on any atom is 0.279 e. The summed E-state index contributed by atoms with van der Waals surface area (Å²) in [7, 11) is 0. The van der Waals surface area contributed by atoms with Crippen molar-refractivity contribution in [3.8, 4) is 11.8 Å². The summed E-state index contributed by atoms with van der Waals surface area (Å²) in [6.07, 6.45) is 1.84. The molecule has 0 radical (unpaired) electrons. The molecule has 0 saturated carbocycles. The lowest BCUT2D eigenvalue weighted by Crippen LogP contribution is -2.18. The number of aromatic nitrogens is 1. The van der Waals surface area contributed by atoms with E-state index in [0.717, 1.165) is 5.56 Å². The molecule has 1 heterocycles. The molecule has 0 aliphatic rings. The van der Waals surface area contributed by atoms with Gasteiger partial charge in [0.05, 0.1) is 24.8 Å². The van der Waals surface area contributed by atoms with Gasteiger partial charge in [-0.25, -0.2) is 0 Å². The fourth-order valence-electron chi connectivity index (χ4n) is 2.75. The number of hydrogen-bond acceptors (Lipinski definition) is 5. The first-order valence-corrected chi connectivity index (χ1v) is 9.89. The number of hydrogen-bond donors (Lipinski definition) is 0. The molecule has 3 aromatic rings. The van der Waals surface area contributed by atoms with Gasteiger partial charge in [0.15, 0.2) is 10.6 Å². The van der Waals surface area contributed by atoms with E-state index in [0.29, 0.717) is 40.4 Å². The Labute approximate surface area is 172 Å². The number of carbonyl (C=O) groups is 2. The molecule has 146 valence electrons. The quantitative estimate of drug-likeness (QED) is 0.584. The summed E-state index contributed by atoms with van der Waals surface area (Å²) in [5, 5.41) is 10.7. The number of ketones is 1. The molecular formula is C22H19N3O3S. The first-order chi connectivity index (χ1) is 14.0. The second kappa shape index (κ2) is 9.13. The van der Waals surface area contributed by atoms with E-state index in [4.69, 9.17) is 10.00 Å². The highest BCUT2D eigenvalue weighted by Crippen LogP contribution is 2.22. The number of carbonyl (C=O) groups excluding carboxylic acids is 2. The average Bonchev–Trinajstić information content (AvgIpc) is 3.15. The van der Waals surface area contributed by atoms with Crippen molar-refractivity contribution in [1.82, 2.24) is 4.57 Å². The van der Waals surface area contributed by atoms with Crippen LogP contribution in [0.3, 0.4) is 0 Å². The fourth-order valence-corrected chi connectivity index (χ4v) is 3.47. The van der Waals surface area contributed by atoms with Gasteiger partial charge in [0.2, 0.25) is 0 Å². The zero-order valence-corrected chi connectivity index (χ0v) is 16.9. The zero-order valence-electron chi connectivity index (χ0n) is 16.1. The molecule has 1 aromatic heterocycles. The number of benzene rings is 2. The maximum atomic E-state index is 12.5. The third-order valence-corrected chi connectivity index (χ3v) is 5.02. The highest BCUT2D eigenvalue weighted by atomic mass is 32.1. The molecular weight excluding hydrogens is 386 g/mol. The molecule has 0 spiro atoms. The van der Waals surface area contributed by atoms with E-state index < -0.39 is 0 Å². The number of nitrogens with zero attached hydrogens (tertiary/aromatic N) is 3. The van der Waals surface area contributed by atoms with E-state index in [2.05, 4.69) is 4.99 Å². The van der Waals surface area contributed by atoms with Crippen LogP contribution in [0, 0.1) is 11.3 Å². The van der Waals surface area contributed by atoms with Crippen LogP contribution in [0.1, 0.15) is 45.7 Å². The molecule has 0 bridgehead atoms. The molecule has 29 heavy (non-hydrogen) atoms. The lowest BCUT2D eigenvalue weighted by Gasteiger charge is -2.12. The fraction of sp³-hybridized carbons (Fsp3) is 0.182. The van der Waals surface area contributed by atoms with Crippen molar-refractivity contribution in [2.45, 2.75) is 20.4 Å². The van der Waals surface area contributed by atoms with E-state index in [9.17, 15) is 9.59 Å². The highest BCUT2D eigenvalue weighted by Gasteiger charge is 2.10. The number of amides is 1. The van der Waals surface area contributed by atoms with Crippen LogP contribution in [0.15, 0.2) is 59.0 Å². The third kappa shape index (κ3) is 4.86. The number of Topliss-reactive ketones (excluding diaryl/α,β-unsaturated/α-hetero) is 1. The predicted molar refractivity (Wildman–Crippen MR) is 110 cm³/mol. The summed E-state index contributed by atoms with van der Waals surface area (Å²) in [6, 6.07) is 13.7. The van der Waals surface area contributed by atoms with Crippen molar-refractivity contribution in [2.24, 2.45) is 4.99 Å². The number of ether oxygens (including phenoxy) is 1. The highest BCUT2D eigenvalue weighted by molar-refractivity contribution is 7.07. The number of nitriles is 1. The minimum atomic E-state index is -0.381. The summed E-state index contributed by atoms with van der Waals surface area (Å²) in [6.45, 7) is 4.35. The standard InChI is InChI=1S/C22H19N3O3S/c1-3-28-20-9-8-18(15(2)26)12-19(20)14-25-10-11-29-22(25)24-21(27)17-6-4-16(13-23)5-7-17/h4-12H,3,14H2,1-2H3. The summed E-state index contributed by atoms with van der Waals surface area (Å²) < 4.78 is 7.53. The van der Waals surface area contributed by atoms with Crippen molar-refractivity contribution in [2.75, 3.05) is 6.61 Å². The van der Waals surface area contributed by atoms with Crippen LogP contribution in [-0.2, 0) is 6.54 Å². The molecule has 1 amide bonds. The largest absolute Gasteiger partial charge is 0.494 e. The second-order valence-electron chi connectivity index (χ2n) is 6.23. The van der Waals surface area contributed by atoms with Gasteiger partial charge in [0.25, 0.3) is 5.91 Å². The second-order valence-corrected chi connectivity index (χ2v) is 7.10. The van der Waals surface area contributed by atoms with E-state index in [1.165, 1.54) is 18.3 Å². The van der Waals surface area contributed by atoms with Gasteiger partial charge < -0.3 is 9.30 Å². The van der Waals surface area contributed by atoms with Crippen molar-refractivity contribution >= 4 is 23.0 Å². The summed E-state index contributed by atoms with van der Waals surface area (Å²) in [5.74, 6) is 0.291. The van der Waals surface area contributed by atoms with Crippen molar-refractivity contribution in [3.63, 3.8) is 0 Å². The van der Waals surface area contributed by atoms with Crippen LogP contribution in [0.4, 0.5) is 0 Å². The lowest BCUT2D eigenvalue weighted by molar-refractivity contribution is 0.0994. The van der Waals surface area contributed by atoms with Crippen LogP contribution in [0.2, 0.25) is 0 Å². The van der Waals surface area contributed by atoms with Crippen molar-refractivity contribution in [1.29, 1.82) is 5.26 Å². The molecule has 0 aliphatic carbocycles. The monoisotopic (exact) mass is 405 g/mol. The van der Waals surface area contributed by atoms with Gasteiger partial charge in [-0.05, 0) is 56.3 Å². The van der Waals surface area contributed by atoms with Crippen molar-refractivity contribution in [3.05, 3.63) is 81.1 Å². The molecule has 0 saturated heterocycles. The van der Waals surface area contributed by atoms with Crippen LogP contribution in [0.25, 0.3) is 0 Å². The van der Waals surface area contributed by atoms with Gasteiger partial charge in [-0.2, -0.15) is 10.3 Å². The molecule has 7 heteroatoms. The smallest absolute Gasteiger partial charge is 0.279 e. The van der Waals surface area contributed by atoms with Crippen molar-refractivity contribution < 1.29 is 14.3 Å². The summed E-state index contributed by atoms with van der Waals surface area (Å²) >= 11 is 1.34. The molecule has 0 unspecified atom stereocenters. The van der Waals surface area contributed by atoms with Gasteiger partial charge in [0, 0.05) is 28.3 Å². The molecule has 2 aromatic carbocycles. The molecule has 0 aliphatic heterocycles. The average molecular weight is 405 g/mol. The topological polar surface area (TPSA) is 84.5 Å². The molecule has 0 N–H and O–H groups in total. The van der Waals surface area contributed by atoms with Gasteiger partial charge in [-0.1, -0.05) is 0 Å². The number of rotatable bonds is 6. The summed E-state index contributed by atoms with van der Waals surface area (Å²) in [4.78, 5) is 29.0. The Kier molecular flexibility index (Phi) is 6.37. The van der Waals surface area contributed by atoms with Gasteiger partial charge in [-0.15, -0.1) is 11.3 Å². The normalized spacial score (nSPS) is 11.1. The molecule has 3 rings (SSSR count). The first-order valence-electron chi connectivity index (χ1n) is 9.01. The third-order valence-electron chi connectivity index (χ3n) is 4.23. The number of thiazole rings is 1. The Balaban J connectivity index is 1.93. The Hall–Kier alpha value is -3.50. The SMILES string of the molecule is CCOc1ccc(C(C)=O)cc1Cn1ccsc1=NC(=O)c1ccc(C#N)cc1. The predicted octanol–water partition coefficient (Wildman–Crippen LogP) is 3.81. The lowest BCUT2D eigenvalue weighted by atomic mass is 10.1. The van der Waals surface area contributed by atoms with Crippen LogP contribution < -0.4 is 9.54 Å².